The van der Waals surface area contributed by atoms with Gasteiger partial charge in [0.2, 0.25) is 0 Å². The van der Waals surface area contributed by atoms with Crippen LogP contribution in [0.4, 0.5) is 0 Å². The van der Waals surface area contributed by atoms with Crippen LogP contribution in [0, 0.1) is 0 Å². The van der Waals surface area contributed by atoms with Crippen LogP contribution in [0.3, 0.4) is 0 Å². The Bertz CT molecular complexity index is 229. The van der Waals surface area contributed by atoms with Gasteiger partial charge in [0.25, 0.3) is 0 Å². The predicted molar refractivity (Wildman–Crippen MR) is 78.2 cm³/mol. The molecule has 2 fully saturated rings. The molecule has 19 heavy (non-hydrogen) atoms. The number of aliphatic carboxylic acids is 1. The minimum atomic E-state index is -0.963. The van der Waals surface area contributed by atoms with Gasteiger partial charge in [-0.3, -0.25) is 4.79 Å². The van der Waals surface area contributed by atoms with E-state index in [-0.39, 0.29) is 0 Å². The SMILES string of the molecule is C1CCC(NC2CCCCC2)CC1.C[C@H](N)C(=O)O. The smallest absolute Gasteiger partial charge is 0.320 e. The highest BCUT2D eigenvalue weighted by atomic mass is 16.4. The van der Waals surface area contributed by atoms with E-state index >= 15 is 0 Å². The van der Waals surface area contributed by atoms with Gasteiger partial charge in [0.1, 0.15) is 6.04 Å². The topological polar surface area (TPSA) is 75.3 Å². The van der Waals surface area contributed by atoms with E-state index in [1.54, 1.807) is 0 Å². The summed E-state index contributed by atoms with van der Waals surface area (Å²) in [4.78, 5) is 9.57. The van der Waals surface area contributed by atoms with E-state index in [2.05, 4.69) is 5.32 Å². The molecule has 0 spiro atoms. The average molecular weight is 270 g/mol. The van der Waals surface area contributed by atoms with Gasteiger partial charge >= 0.3 is 5.97 Å². The van der Waals surface area contributed by atoms with Gasteiger partial charge in [0.05, 0.1) is 0 Å². The van der Waals surface area contributed by atoms with Crippen LogP contribution >= 0.6 is 0 Å². The Morgan fingerprint density at radius 2 is 1.32 bits per heavy atom. The van der Waals surface area contributed by atoms with Crippen molar-refractivity contribution in [2.24, 2.45) is 5.73 Å². The van der Waals surface area contributed by atoms with Crippen LogP contribution in [0.25, 0.3) is 0 Å². The first kappa shape index (κ1) is 16.4. The van der Waals surface area contributed by atoms with E-state index in [0.29, 0.717) is 0 Å². The van der Waals surface area contributed by atoms with Crippen molar-refractivity contribution in [3.63, 3.8) is 0 Å². The van der Waals surface area contributed by atoms with E-state index in [1.807, 2.05) is 0 Å². The number of nitrogens with one attached hydrogen (secondary N) is 1. The number of hydrogen-bond acceptors (Lipinski definition) is 3. The first-order valence-corrected chi connectivity index (χ1v) is 7.84. The highest BCUT2D eigenvalue weighted by molar-refractivity contribution is 5.72. The Kier molecular flexibility index (Phi) is 8.07. The molecule has 0 heterocycles. The summed E-state index contributed by atoms with van der Waals surface area (Å²) in [6.45, 7) is 1.42. The number of carboxylic acid groups (broad SMARTS) is 1. The number of hydrogen-bond donors (Lipinski definition) is 3. The average Bonchev–Trinajstić information content (AvgIpc) is 2.41. The molecule has 2 aliphatic rings. The standard InChI is InChI=1S/C12H23N.C3H7NO2/c1-3-7-11(8-4-1)13-12-9-5-2-6-10-12;1-2(4)3(5)6/h11-13H,1-10H2;2H,4H2,1H3,(H,5,6)/t;2-/m.0/s1. The van der Waals surface area contributed by atoms with Crippen molar-refractivity contribution >= 4 is 5.97 Å². The fraction of sp³-hybridized carbons (Fsp3) is 0.933. The van der Waals surface area contributed by atoms with Gasteiger partial charge in [0, 0.05) is 12.1 Å². The summed E-state index contributed by atoms with van der Waals surface area (Å²) in [6, 6.07) is 1.01. The summed E-state index contributed by atoms with van der Waals surface area (Å²) in [5.74, 6) is -0.963. The molecule has 0 aliphatic heterocycles. The molecular weight excluding hydrogens is 240 g/mol. The first-order chi connectivity index (χ1) is 9.09. The third kappa shape index (κ3) is 7.53. The number of carboxylic acids is 1. The highest BCUT2D eigenvalue weighted by Gasteiger charge is 2.19. The third-order valence-corrected chi connectivity index (χ3v) is 4.07. The van der Waals surface area contributed by atoms with Crippen molar-refractivity contribution in [2.75, 3.05) is 0 Å². The lowest BCUT2D eigenvalue weighted by Crippen LogP contribution is -2.40. The molecule has 2 aliphatic carbocycles. The van der Waals surface area contributed by atoms with Crippen LogP contribution in [0.15, 0.2) is 0 Å². The minimum absolute atomic E-state index is 0.731. The van der Waals surface area contributed by atoms with Crippen molar-refractivity contribution in [3.05, 3.63) is 0 Å². The summed E-state index contributed by atoms with van der Waals surface area (Å²) < 4.78 is 0. The van der Waals surface area contributed by atoms with Crippen LogP contribution in [0.5, 0.6) is 0 Å². The van der Waals surface area contributed by atoms with Crippen LogP contribution < -0.4 is 11.1 Å². The first-order valence-electron chi connectivity index (χ1n) is 7.84. The predicted octanol–water partition coefficient (Wildman–Crippen LogP) is 2.66. The monoisotopic (exact) mass is 270 g/mol. The van der Waals surface area contributed by atoms with Gasteiger partial charge in [-0.1, -0.05) is 38.5 Å². The molecule has 4 nitrogen and oxygen atoms in total. The zero-order chi connectivity index (χ0) is 14.1. The van der Waals surface area contributed by atoms with Crippen molar-refractivity contribution in [3.8, 4) is 0 Å². The normalized spacial score (nSPS) is 23.3. The quantitative estimate of drug-likeness (QED) is 0.737. The molecule has 0 amide bonds. The molecule has 0 bridgehead atoms. The fourth-order valence-corrected chi connectivity index (χ4v) is 2.87. The summed E-state index contributed by atoms with van der Waals surface area (Å²) in [5.41, 5.74) is 4.84. The largest absolute Gasteiger partial charge is 0.480 e. The van der Waals surface area contributed by atoms with Gasteiger partial charge in [-0.2, -0.15) is 0 Å². The van der Waals surface area contributed by atoms with Crippen LogP contribution in [-0.4, -0.2) is 29.2 Å². The van der Waals surface area contributed by atoms with Gasteiger partial charge in [-0.05, 0) is 32.6 Å². The minimum Gasteiger partial charge on any atom is -0.480 e. The second kappa shape index (κ2) is 9.32. The number of nitrogens with two attached hydrogens (primary N) is 1. The Morgan fingerprint density at radius 1 is 1.00 bits per heavy atom. The zero-order valence-electron chi connectivity index (χ0n) is 12.2. The van der Waals surface area contributed by atoms with E-state index in [4.69, 9.17) is 10.8 Å². The molecule has 2 saturated carbocycles. The molecular formula is C15H30N2O2. The van der Waals surface area contributed by atoms with E-state index in [9.17, 15) is 4.79 Å². The van der Waals surface area contributed by atoms with Crippen LogP contribution in [0.2, 0.25) is 0 Å². The Labute approximate surface area is 117 Å². The van der Waals surface area contributed by atoms with Gasteiger partial charge in [-0.25, -0.2) is 0 Å². The summed E-state index contributed by atoms with van der Waals surface area (Å²) in [6.07, 6.45) is 14.6. The molecule has 4 heteroatoms. The van der Waals surface area contributed by atoms with E-state index in [0.717, 1.165) is 12.1 Å². The molecule has 0 aromatic heterocycles. The number of carbonyl (C=O) groups is 1. The lowest BCUT2D eigenvalue weighted by molar-refractivity contribution is -0.138. The fourth-order valence-electron chi connectivity index (χ4n) is 2.87. The molecule has 0 saturated heterocycles. The Morgan fingerprint density at radius 3 is 1.58 bits per heavy atom. The van der Waals surface area contributed by atoms with Gasteiger partial charge < -0.3 is 16.2 Å². The lowest BCUT2D eigenvalue weighted by Gasteiger charge is -2.30. The summed E-state index contributed by atoms with van der Waals surface area (Å²) in [5, 5.41) is 11.7. The maximum Gasteiger partial charge on any atom is 0.320 e. The molecule has 2 rings (SSSR count). The highest BCUT2D eigenvalue weighted by Crippen LogP contribution is 2.22. The molecule has 0 unspecified atom stereocenters. The maximum absolute atomic E-state index is 9.57. The maximum atomic E-state index is 9.57. The van der Waals surface area contributed by atoms with E-state index in [1.165, 1.54) is 71.1 Å². The second-order valence-electron chi connectivity index (χ2n) is 5.96. The lowest BCUT2D eigenvalue weighted by atomic mass is 9.91. The van der Waals surface area contributed by atoms with Gasteiger partial charge in [-0.15, -0.1) is 0 Å². The van der Waals surface area contributed by atoms with Crippen LogP contribution in [-0.2, 0) is 4.79 Å². The van der Waals surface area contributed by atoms with Crippen molar-refractivity contribution in [1.82, 2.24) is 5.32 Å². The molecule has 0 aromatic carbocycles. The number of rotatable bonds is 3. The Hall–Kier alpha value is -0.610. The summed E-state index contributed by atoms with van der Waals surface area (Å²) in [7, 11) is 0. The van der Waals surface area contributed by atoms with Crippen LogP contribution in [0.1, 0.15) is 71.1 Å². The molecule has 0 aromatic rings. The van der Waals surface area contributed by atoms with E-state index < -0.39 is 12.0 Å². The second-order valence-corrected chi connectivity index (χ2v) is 5.96. The Balaban J connectivity index is 0.000000258. The molecule has 0 radical (unpaired) electrons. The molecule has 4 N–H and O–H groups in total. The van der Waals surface area contributed by atoms with Crippen molar-refractivity contribution < 1.29 is 9.90 Å². The molecule has 112 valence electrons. The zero-order valence-corrected chi connectivity index (χ0v) is 12.2. The van der Waals surface area contributed by atoms with Gasteiger partial charge in [0.15, 0.2) is 0 Å². The summed E-state index contributed by atoms with van der Waals surface area (Å²) >= 11 is 0. The van der Waals surface area contributed by atoms with Crippen molar-refractivity contribution in [2.45, 2.75) is 89.3 Å². The van der Waals surface area contributed by atoms with Crippen molar-refractivity contribution in [1.29, 1.82) is 0 Å². The molecule has 1 atom stereocenters. The third-order valence-electron chi connectivity index (χ3n) is 4.07.